The van der Waals surface area contributed by atoms with Gasteiger partial charge in [-0.2, -0.15) is 0 Å². The monoisotopic (exact) mass is 184 g/mol. The summed E-state index contributed by atoms with van der Waals surface area (Å²) in [6.45, 7) is 6.59. The van der Waals surface area contributed by atoms with Crippen molar-refractivity contribution in [3.8, 4) is 0 Å². The Balaban J connectivity index is 2.64. The summed E-state index contributed by atoms with van der Waals surface area (Å²) >= 11 is 1.89. The highest BCUT2D eigenvalue weighted by Gasteiger charge is 2.08. The Labute approximate surface area is 78.5 Å². The molecule has 0 saturated heterocycles. The molecule has 0 radical (unpaired) electrons. The normalized spacial score (nSPS) is 11.0. The molecule has 1 rings (SSSR count). The molecule has 12 heavy (non-hydrogen) atoms. The molecule has 0 spiro atoms. The van der Waals surface area contributed by atoms with E-state index in [0.717, 1.165) is 0 Å². The Kier molecular flexibility index (Phi) is 3.73. The molecule has 0 N–H and O–H groups in total. The lowest BCUT2D eigenvalue weighted by molar-refractivity contribution is 0.558. The molecule has 0 aliphatic rings. The van der Waals surface area contributed by atoms with E-state index in [4.69, 9.17) is 4.42 Å². The van der Waals surface area contributed by atoms with Gasteiger partial charge in [-0.05, 0) is 18.1 Å². The van der Waals surface area contributed by atoms with Crippen molar-refractivity contribution >= 4 is 11.8 Å². The highest BCUT2D eigenvalue weighted by molar-refractivity contribution is 7.99. The largest absolute Gasteiger partial charge is 0.471 e. The van der Waals surface area contributed by atoms with Crippen molar-refractivity contribution in [2.24, 2.45) is 0 Å². The summed E-state index contributed by atoms with van der Waals surface area (Å²) in [6.07, 6.45) is 4.94. The van der Waals surface area contributed by atoms with Gasteiger partial charge in [0.05, 0.1) is 6.26 Å². The summed E-state index contributed by atoms with van der Waals surface area (Å²) in [5.74, 6) is 1.75. The van der Waals surface area contributed by atoms with Crippen LogP contribution in [-0.4, -0.2) is 5.75 Å². The fourth-order valence-electron chi connectivity index (χ4n) is 1.05. The van der Waals surface area contributed by atoms with Crippen molar-refractivity contribution in [1.82, 2.24) is 0 Å². The van der Waals surface area contributed by atoms with Crippen LogP contribution >= 0.6 is 11.8 Å². The molecule has 1 heterocycles. The third-order valence-electron chi connectivity index (χ3n) is 1.74. The molecule has 0 aliphatic carbocycles. The molecule has 1 aromatic rings. The van der Waals surface area contributed by atoms with Crippen LogP contribution in [0.5, 0.6) is 0 Å². The quantitative estimate of drug-likeness (QED) is 0.658. The van der Waals surface area contributed by atoms with E-state index in [2.05, 4.69) is 20.8 Å². The van der Waals surface area contributed by atoms with Crippen molar-refractivity contribution in [3.63, 3.8) is 0 Å². The molecule has 0 aliphatic heterocycles. The number of thioether (sulfide) groups is 1. The molecular formula is C10H16OS. The lowest BCUT2D eigenvalue weighted by Crippen LogP contribution is -1.86. The van der Waals surface area contributed by atoms with E-state index >= 15 is 0 Å². The smallest absolute Gasteiger partial charge is 0.104 e. The highest BCUT2D eigenvalue weighted by atomic mass is 32.2. The average Bonchev–Trinajstić information content (AvgIpc) is 2.48. The van der Waals surface area contributed by atoms with Crippen LogP contribution in [0.15, 0.2) is 21.8 Å². The maximum atomic E-state index is 5.18. The van der Waals surface area contributed by atoms with Gasteiger partial charge >= 0.3 is 0 Å². The van der Waals surface area contributed by atoms with E-state index < -0.39 is 0 Å². The van der Waals surface area contributed by atoms with Crippen LogP contribution in [0.25, 0.3) is 0 Å². The van der Waals surface area contributed by atoms with E-state index in [1.165, 1.54) is 22.6 Å². The van der Waals surface area contributed by atoms with E-state index in [1.807, 2.05) is 24.3 Å². The van der Waals surface area contributed by atoms with Gasteiger partial charge in [0.25, 0.3) is 0 Å². The molecule has 1 aromatic heterocycles. The Morgan fingerprint density at radius 2 is 2.17 bits per heavy atom. The summed E-state index contributed by atoms with van der Waals surface area (Å²) in [5, 5.41) is 0. The molecule has 0 saturated carbocycles. The van der Waals surface area contributed by atoms with Gasteiger partial charge in [-0.3, -0.25) is 0 Å². The lowest BCUT2D eigenvalue weighted by Gasteiger charge is -2.03. The van der Waals surface area contributed by atoms with Crippen LogP contribution in [-0.2, 0) is 0 Å². The van der Waals surface area contributed by atoms with Gasteiger partial charge in [0.15, 0.2) is 0 Å². The minimum Gasteiger partial charge on any atom is -0.471 e. The SMILES string of the molecule is CCCSc1cocc1C(C)C. The molecular weight excluding hydrogens is 168 g/mol. The minimum absolute atomic E-state index is 0.572. The first-order valence-electron chi connectivity index (χ1n) is 4.44. The summed E-state index contributed by atoms with van der Waals surface area (Å²) in [7, 11) is 0. The second-order valence-electron chi connectivity index (χ2n) is 3.19. The van der Waals surface area contributed by atoms with Crippen molar-refractivity contribution in [2.75, 3.05) is 5.75 Å². The predicted molar refractivity (Wildman–Crippen MR) is 53.8 cm³/mol. The Morgan fingerprint density at radius 3 is 2.75 bits per heavy atom. The Bertz CT molecular complexity index is 227. The van der Waals surface area contributed by atoms with E-state index in [0.29, 0.717) is 5.92 Å². The fraction of sp³-hybridized carbons (Fsp3) is 0.600. The zero-order valence-electron chi connectivity index (χ0n) is 7.96. The summed E-state index contributed by atoms with van der Waals surface area (Å²) < 4.78 is 5.18. The standard InChI is InChI=1S/C10H16OS/c1-4-5-12-10-7-11-6-9(10)8(2)3/h6-8H,4-5H2,1-3H3. The van der Waals surface area contributed by atoms with Crippen LogP contribution in [0.2, 0.25) is 0 Å². The van der Waals surface area contributed by atoms with Gasteiger partial charge in [-0.15, -0.1) is 11.8 Å². The summed E-state index contributed by atoms with van der Waals surface area (Å²) in [5.41, 5.74) is 1.34. The predicted octanol–water partition coefficient (Wildman–Crippen LogP) is 3.91. The maximum absolute atomic E-state index is 5.18. The lowest BCUT2D eigenvalue weighted by atomic mass is 10.1. The van der Waals surface area contributed by atoms with Gasteiger partial charge in [0.1, 0.15) is 6.26 Å². The molecule has 0 unspecified atom stereocenters. The van der Waals surface area contributed by atoms with Crippen molar-refractivity contribution < 1.29 is 4.42 Å². The van der Waals surface area contributed by atoms with Crippen LogP contribution in [0.3, 0.4) is 0 Å². The third kappa shape index (κ3) is 2.31. The molecule has 0 fully saturated rings. The first-order chi connectivity index (χ1) is 5.75. The van der Waals surface area contributed by atoms with E-state index in [9.17, 15) is 0 Å². The first kappa shape index (κ1) is 9.72. The number of furan rings is 1. The number of hydrogen-bond donors (Lipinski definition) is 0. The molecule has 0 amide bonds. The first-order valence-corrected chi connectivity index (χ1v) is 5.43. The van der Waals surface area contributed by atoms with E-state index in [1.54, 1.807) is 0 Å². The highest BCUT2D eigenvalue weighted by Crippen LogP contribution is 2.29. The third-order valence-corrected chi connectivity index (χ3v) is 2.99. The minimum atomic E-state index is 0.572. The second kappa shape index (κ2) is 4.61. The van der Waals surface area contributed by atoms with Crippen molar-refractivity contribution in [2.45, 2.75) is 38.0 Å². The van der Waals surface area contributed by atoms with E-state index in [-0.39, 0.29) is 0 Å². The molecule has 0 atom stereocenters. The topological polar surface area (TPSA) is 13.1 Å². The molecule has 0 aromatic carbocycles. The average molecular weight is 184 g/mol. The van der Waals surface area contributed by atoms with Gasteiger partial charge in [0, 0.05) is 10.5 Å². The maximum Gasteiger partial charge on any atom is 0.104 e. The summed E-state index contributed by atoms with van der Waals surface area (Å²) in [4.78, 5) is 1.31. The second-order valence-corrected chi connectivity index (χ2v) is 4.33. The van der Waals surface area contributed by atoms with Crippen LogP contribution < -0.4 is 0 Å². The van der Waals surface area contributed by atoms with Gasteiger partial charge < -0.3 is 4.42 Å². The molecule has 0 bridgehead atoms. The zero-order chi connectivity index (χ0) is 8.97. The Morgan fingerprint density at radius 1 is 1.42 bits per heavy atom. The van der Waals surface area contributed by atoms with Crippen LogP contribution in [0.4, 0.5) is 0 Å². The number of hydrogen-bond acceptors (Lipinski definition) is 2. The number of rotatable bonds is 4. The Hall–Kier alpha value is -0.370. The molecule has 2 heteroatoms. The van der Waals surface area contributed by atoms with Crippen molar-refractivity contribution in [3.05, 3.63) is 18.1 Å². The molecule has 1 nitrogen and oxygen atoms in total. The molecule has 68 valence electrons. The van der Waals surface area contributed by atoms with Crippen molar-refractivity contribution in [1.29, 1.82) is 0 Å². The zero-order valence-corrected chi connectivity index (χ0v) is 8.78. The van der Waals surface area contributed by atoms with Gasteiger partial charge in [0.2, 0.25) is 0 Å². The fourth-order valence-corrected chi connectivity index (χ4v) is 2.04. The van der Waals surface area contributed by atoms with Gasteiger partial charge in [-0.1, -0.05) is 20.8 Å². The van der Waals surface area contributed by atoms with Crippen LogP contribution in [0, 0.1) is 0 Å². The van der Waals surface area contributed by atoms with Gasteiger partial charge in [-0.25, -0.2) is 0 Å². The summed E-state index contributed by atoms with van der Waals surface area (Å²) in [6, 6.07) is 0. The van der Waals surface area contributed by atoms with Crippen LogP contribution in [0.1, 0.15) is 38.7 Å².